The summed E-state index contributed by atoms with van der Waals surface area (Å²) in [6, 6.07) is 24.8. The molecule has 0 bridgehead atoms. The fourth-order valence-electron chi connectivity index (χ4n) is 3.51. The summed E-state index contributed by atoms with van der Waals surface area (Å²) in [7, 11) is 0. The van der Waals surface area contributed by atoms with Gasteiger partial charge in [-0.15, -0.1) is 0 Å². The van der Waals surface area contributed by atoms with E-state index in [1.165, 1.54) is 11.1 Å². The highest BCUT2D eigenvalue weighted by atomic mass is 35.5. The molecule has 0 aliphatic rings. The van der Waals surface area contributed by atoms with Gasteiger partial charge < -0.3 is 4.74 Å². The number of halogens is 1. The SMILES string of the molecule is Cc1nc(C)c2cc(Cc3ccc(Cl)cc3)ccc2c1OCc1ccccc1. The van der Waals surface area contributed by atoms with Crippen molar-refractivity contribution in [3.05, 3.63) is 106 Å². The Balaban J connectivity index is 1.66. The van der Waals surface area contributed by atoms with Gasteiger partial charge in [0.1, 0.15) is 12.4 Å². The van der Waals surface area contributed by atoms with Crippen LogP contribution in [0, 0.1) is 13.8 Å². The third-order valence-electron chi connectivity index (χ3n) is 4.93. The first-order valence-corrected chi connectivity index (χ1v) is 9.79. The molecule has 2 nitrogen and oxygen atoms in total. The van der Waals surface area contributed by atoms with E-state index in [-0.39, 0.29) is 0 Å². The van der Waals surface area contributed by atoms with Crippen LogP contribution in [0.3, 0.4) is 0 Å². The molecule has 4 aromatic rings. The van der Waals surface area contributed by atoms with Crippen LogP contribution in [-0.4, -0.2) is 4.98 Å². The number of nitrogens with zero attached hydrogens (tertiary/aromatic N) is 1. The average molecular weight is 388 g/mol. The fourth-order valence-corrected chi connectivity index (χ4v) is 3.63. The van der Waals surface area contributed by atoms with Crippen molar-refractivity contribution < 1.29 is 4.74 Å². The second-order valence-electron chi connectivity index (χ2n) is 7.07. The first-order valence-electron chi connectivity index (χ1n) is 9.41. The van der Waals surface area contributed by atoms with E-state index < -0.39 is 0 Å². The molecule has 0 N–H and O–H groups in total. The van der Waals surface area contributed by atoms with Crippen molar-refractivity contribution in [3.8, 4) is 5.75 Å². The summed E-state index contributed by atoms with van der Waals surface area (Å²) in [4.78, 5) is 4.73. The Morgan fingerprint density at radius 2 is 1.46 bits per heavy atom. The smallest absolute Gasteiger partial charge is 0.148 e. The van der Waals surface area contributed by atoms with Crippen LogP contribution in [0.5, 0.6) is 5.75 Å². The fraction of sp³-hybridized carbons (Fsp3) is 0.160. The van der Waals surface area contributed by atoms with Gasteiger partial charge in [-0.1, -0.05) is 66.2 Å². The summed E-state index contributed by atoms with van der Waals surface area (Å²) in [6.07, 6.45) is 0.862. The van der Waals surface area contributed by atoms with Crippen LogP contribution < -0.4 is 4.74 Å². The van der Waals surface area contributed by atoms with Gasteiger partial charge in [-0.25, -0.2) is 0 Å². The van der Waals surface area contributed by atoms with Gasteiger partial charge >= 0.3 is 0 Å². The summed E-state index contributed by atoms with van der Waals surface area (Å²) >= 11 is 6.00. The molecule has 140 valence electrons. The highest BCUT2D eigenvalue weighted by Crippen LogP contribution is 2.32. The number of benzene rings is 3. The van der Waals surface area contributed by atoms with E-state index in [4.69, 9.17) is 21.3 Å². The third kappa shape index (κ3) is 4.02. The number of hydrogen-bond acceptors (Lipinski definition) is 2. The van der Waals surface area contributed by atoms with Gasteiger partial charge in [0.25, 0.3) is 0 Å². The Bertz CT molecular complexity index is 1100. The van der Waals surface area contributed by atoms with Gasteiger partial charge in [0.15, 0.2) is 0 Å². The molecule has 1 aromatic heterocycles. The maximum atomic E-state index is 6.19. The second-order valence-corrected chi connectivity index (χ2v) is 7.51. The van der Waals surface area contributed by atoms with Crippen LogP contribution >= 0.6 is 11.6 Å². The number of ether oxygens (including phenoxy) is 1. The Kier molecular flexibility index (Phi) is 5.31. The number of hydrogen-bond donors (Lipinski definition) is 0. The minimum Gasteiger partial charge on any atom is -0.486 e. The average Bonchev–Trinajstić information content (AvgIpc) is 2.71. The lowest BCUT2D eigenvalue weighted by atomic mass is 10.00. The van der Waals surface area contributed by atoms with Gasteiger partial charge in [0, 0.05) is 21.5 Å². The molecule has 3 heteroatoms. The maximum Gasteiger partial charge on any atom is 0.148 e. The third-order valence-corrected chi connectivity index (χ3v) is 5.18. The van der Waals surface area contributed by atoms with Crippen molar-refractivity contribution >= 4 is 22.4 Å². The molecule has 0 atom stereocenters. The molecular weight excluding hydrogens is 366 g/mol. The molecule has 3 aromatic carbocycles. The van der Waals surface area contributed by atoms with Crippen molar-refractivity contribution in [2.24, 2.45) is 0 Å². The molecule has 0 radical (unpaired) electrons. The molecular formula is C25H22ClNO. The normalized spacial score (nSPS) is 11.0. The summed E-state index contributed by atoms with van der Waals surface area (Å²) in [6.45, 7) is 4.60. The lowest BCUT2D eigenvalue weighted by Gasteiger charge is -2.15. The van der Waals surface area contributed by atoms with Crippen molar-refractivity contribution in [1.29, 1.82) is 0 Å². The van der Waals surface area contributed by atoms with Gasteiger partial charge in [0.05, 0.1) is 5.69 Å². The first-order chi connectivity index (χ1) is 13.6. The molecule has 0 unspecified atom stereocenters. The second kappa shape index (κ2) is 8.04. The van der Waals surface area contributed by atoms with E-state index in [0.717, 1.165) is 44.9 Å². The zero-order valence-electron chi connectivity index (χ0n) is 16.1. The lowest BCUT2D eigenvalue weighted by molar-refractivity contribution is 0.306. The Morgan fingerprint density at radius 3 is 2.21 bits per heavy atom. The van der Waals surface area contributed by atoms with E-state index in [1.54, 1.807) is 0 Å². The largest absolute Gasteiger partial charge is 0.486 e. The minimum atomic E-state index is 0.536. The molecule has 0 fully saturated rings. The quantitative estimate of drug-likeness (QED) is 0.381. The number of aromatic nitrogens is 1. The Hall–Kier alpha value is -2.84. The number of pyridine rings is 1. The molecule has 28 heavy (non-hydrogen) atoms. The molecule has 4 rings (SSSR count). The topological polar surface area (TPSA) is 22.1 Å². The predicted octanol–water partition coefficient (Wildman–Crippen LogP) is 6.67. The lowest BCUT2D eigenvalue weighted by Crippen LogP contribution is -2.01. The van der Waals surface area contributed by atoms with E-state index in [9.17, 15) is 0 Å². The molecule has 0 spiro atoms. The van der Waals surface area contributed by atoms with Crippen LogP contribution in [0.2, 0.25) is 5.02 Å². The van der Waals surface area contributed by atoms with E-state index in [1.807, 2.05) is 37.3 Å². The van der Waals surface area contributed by atoms with Gasteiger partial charge in [-0.2, -0.15) is 0 Å². The number of aryl methyl sites for hydroxylation is 2. The van der Waals surface area contributed by atoms with Crippen molar-refractivity contribution in [2.75, 3.05) is 0 Å². The monoisotopic (exact) mass is 387 g/mol. The molecule has 0 saturated heterocycles. The molecule has 0 saturated carbocycles. The van der Waals surface area contributed by atoms with Crippen molar-refractivity contribution in [2.45, 2.75) is 26.9 Å². The Morgan fingerprint density at radius 1 is 0.750 bits per heavy atom. The van der Waals surface area contributed by atoms with Crippen LogP contribution in [0.1, 0.15) is 28.1 Å². The van der Waals surface area contributed by atoms with Crippen molar-refractivity contribution in [3.63, 3.8) is 0 Å². The van der Waals surface area contributed by atoms with E-state index in [2.05, 4.69) is 49.4 Å². The highest BCUT2D eigenvalue weighted by molar-refractivity contribution is 6.30. The highest BCUT2D eigenvalue weighted by Gasteiger charge is 2.12. The first kappa shape index (κ1) is 18.5. The molecule has 0 aliphatic heterocycles. The minimum absolute atomic E-state index is 0.536. The zero-order valence-corrected chi connectivity index (χ0v) is 16.8. The van der Waals surface area contributed by atoms with Crippen LogP contribution in [0.25, 0.3) is 10.8 Å². The van der Waals surface area contributed by atoms with Gasteiger partial charge in [-0.3, -0.25) is 4.98 Å². The van der Waals surface area contributed by atoms with Gasteiger partial charge in [-0.05, 0) is 55.2 Å². The summed E-state index contributed by atoms with van der Waals surface area (Å²) < 4.78 is 6.19. The number of fused-ring (bicyclic) bond motifs is 1. The van der Waals surface area contributed by atoms with Crippen LogP contribution in [0.15, 0.2) is 72.8 Å². The summed E-state index contributed by atoms with van der Waals surface area (Å²) in [5.74, 6) is 0.863. The van der Waals surface area contributed by atoms with Crippen molar-refractivity contribution in [1.82, 2.24) is 4.98 Å². The maximum absolute atomic E-state index is 6.19. The van der Waals surface area contributed by atoms with E-state index in [0.29, 0.717) is 6.61 Å². The molecule has 0 aliphatic carbocycles. The molecule has 0 amide bonds. The number of rotatable bonds is 5. The zero-order chi connectivity index (χ0) is 19.5. The van der Waals surface area contributed by atoms with Crippen LogP contribution in [0.4, 0.5) is 0 Å². The van der Waals surface area contributed by atoms with E-state index >= 15 is 0 Å². The predicted molar refractivity (Wildman–Crippen MR) is 116 cm³/mol. The molecule has 1 heterocycles. The standard InChI is InChI=1S/C25H22ClNO/c1-17-24-15-21(14-19-8-11-22(26)12-9-19)10-13-23(24)25(18(2)27-17)28-16-20-6-4-3-5-7-20/h3-13,15H,14,16H2,1-2H3. The Labute approximate surface area is 170 Å². The van der Waals surface area contributed by atoms with Crippen LogP contribution in [-0.2, 0) is 13.0 Å². The summed E-state index contributed by atoms with van der Waals surface area (Å²) in [5, 5.41) is 3.01. The summed E-state index contributed by atoms with van der Waals surface area (Å²) in [5.41, 5.74) is 5.58. The van der Waals surface area contributed by atoms with Gasteiger partial charge in [0.2, 0.25) is 0 Å².